The highest BCUT2D eigenvalue weighted by atomic mass is 16.2. The molecule has 0 spiro atoms. The lowest BCUT2D eigenvalue weighted by Crippen LogP contribution is -2.39. The first-order valence-electron chi connectivity index (χ1n) is 9.45. The largest absolute Gasteiger partial charge is 0.328 e. The van der Waals surface area contributed by atoms with Crippen molar-refractivity contribution in [2.45, 2.75) is 65.5 Å². The Labute approximate surface area is 155 Å². The molecule has 3 rings (SSSR count). The van der Waals surface area contributed by atoms with E-state index in [1.165, 1.54) is 5.56 Å². The van der Waals surface area contributed by atoms with Crippen molar-refractivity contribution in [3.63, 3.8) is 0 Å². The van der Waals surface area contributed by atoms with Crippen LogP contribution >= 0.6 is 0 Å². The molecule has 140 valence electrons. The number of aryl methyl sites for hydroxylation is 1. The van der Waals surface area contributed by atoms with E-state index in [0.717, 1.165) is 25.0 Å². The van der Waals surface area contributed by atoms with Crippen molar-refractivity contribution in [3.05, 3.63) is 41.5 Å². The van der Waals surface area contributed by atoms with Gasteiger partial charge in [-0.05, 0) is 57.6 Å². The van der Waals surface area contributed by atoms with Crippen LogP contribution in [0.2, 0.25) is 0 Å². The summed E-state index contributed by atoms with van der Waals surface area (Å²) in [5, 5.41) is 8.33. The van der Waals surface area contributed by atoms with Gasteiger partial charge in [0.2, 0.25) is 0 Å². The average molecular weight is 355 g/mol. The van der Waals surface area contributed by atoms with E-state index < -0.39 is 0 Å². The van der Waals surface area contributed by atoms with Gasteiger partial charge in [-0.3, -0.25) is 9.78 Å². The molecule has 1 atom stereocenters. The third kappa shape index (κ3) is 3.79. The first-order valence-corrected chi connectivity index (χ1v) is 9.45. The number of carbonyl (C=O) groups is 1. The highest BCUT2D eigenvalue weighted by molar-refractivity contribution is 5.92. The van der Waals surface area contributed by atoms with E-state index >= 15 is 0 Å². The number of pyridine rings is 1. The van der Waals surface area contributed by atoms with Crippen LogP contribution in [0, 0.1) is 5.92 Å². The van der Waals surface area contributed by atoms with Gasteiger partial charge in [-0.25, -0.2) is 4.68 Å². The molecule has 1 amide bonds. The van der Waals surface area contributed by atoms with Crippen LogP contribution in [0.5, 0.6) is 0 Å². The second-order valence-corrected chi connectivity index (χ2v) is 8.53. The molecule has 2 aromatic rings. The van der Waals surface area contributed by atoms with E-state index in [1.807, 2.05) is 37.9 Å². The molecule has 0 saturated carbocycles. The summed E-state index contributed by atoms with van der Waals surface area (Å²) < 4.78 is 1.75. The Bertz CT molecular complexity index is 775. The summed E-state index contributed by atoms with van der Waals surface area (Å²) in [7, 11) is 0. The smallest absolute Gasteiger partial charge is 0.276 e. The van der Waals surface area contributed by atoms with Crippen LogP contribution in [0.25, 0.3) is 0 Å². The Balaban J connectivity index is 1.94. The van der Waals surface area contributed by atoms with E-state index in [2.05, 4.69) is 35.2 Å². The second-order valence-electron chi connectivity index (χ2n) is 8.53. The van der Waals surface area contributed by atoms with Crippen molar-refractivity contribution in [3.8, 4) is 0 Å². The van der Waals surface area contributed by atoms with Crippen LogP contribution in [-0.4, -0.2) is 37.3 Å². The summed E-state index contributed by atoms with van der Waals surface area (Å²) >= 11 is 0. The lowest BCUT2D eigenvalue weighted by atomic mass is 9.90. The van der Waals surface area contributed by atoms with E-state index in [4.69, 9.17) is 0 Å². The Morgan fingerprint density at radius 1 is 1.38 bits per heavy atom. The summed E-state index contributed by atoms with van der Waals surface area (Å²) in [6, 6.07) is 4.11. The number of aromatic nitrogens is 4. The molecule has 0 radical (unpaired) electrons. The molecule has 1 unspecified atom stereocenters. The van der Waals surface area contributed by atoms with Gasteiger partial charge in [-0.2, -0.15) is 0 Å². The first-order chi connectivity index (χ1) is 12.3. The van der Waals surface area contributed by atoms with Gasteiger partial charge in [-0.1, -0.05) is 25.1 Å². The topological polar surface area (TPSA) is 63.9 Å². The van der Waals surface area contributed by atoms with Gasteiger partial charge in [-0.15, -0.1) is 5.10 Å². The van der Waals surface area contributed by atoms with Crippen LogP contribution in [0.15, 0.2) is 24.5 Å². The van der Waals surface area contributed by atoms with Gasteiger partial charge >= 0.3 is 0 Å². The molecule has 6 heteroatoms. The van der Waals surface area contributed by atoms with Crippen LogP contribution in [0.1, 0.15) is 75.2 Å². The normalized spacial score (nSPS) is 17.2. The number of hydrogen-bond donors (Lipinski definition) is 0. The quantitative estimate of drug-likeness (QED) is 0.840. The molecule has 1 aliphatic rings. The van der Waals surface area contributed by atoms with E-state index in [-0.39, 0.29) is 17.5 Å². The Kier molecular flexibility index (Phi) is 5.12. The van der Waals surface area contributed by atoms with Crippen molar-refractivity contribution >= 4 is 5.91 Å². The molecule has 0 N–H and O–H groups in total. The number of hydrogen-bond acceptors (Lipinski definition) is 4. The maximum Gasteiger partial charge on any atom is 0.276 e. The van der Waals surface area contributed by atoms with Crippen molar-refractivity contribution in [2.75, 3.05) is 6.54 Å². The maximum atomic E-state index is 13.3. The monoisotopic (exact) mass is 355 g/mol. The van der Waals surface area contributed by atoms with Crippen molar-refractivity contribution < 1.29 is 4.79 Å². The third-order valence-electron chi connectivity index (χ3n) is 4.76. The van der Waals surface area contributed by atoms with Gasteiger partial charge in [0.1, 0.15) is 0 Å². The Morgan fingerprint density at radius 3 is 2.81 bits per heavy atom. The number of nitrogens with zero attached hydrogens (tertiary/aromatic N) is 5. The molecular weight excluding hydrogens is 326 g/mol. The maximum absolute atomic E-state index is 13.3. The summed E-state index contributed by atoms with van der Waals surface area (Å²) in [6.07, 6.45) is 6.63. The third-order valence-corrected chi connectivity index (χ3v) is 4.76. The zero-order valence-electron chi connectivity index (χ0n) is 16.4. The molecule has 0 saturated heterocycles. The molecule has 1 aliphatic carbocycles. The summed E-state index contributed by atoms with van der Waals surface area (Å²) in [5.74, 6) is 0.309. The van der Waals surface area contributed by atoms with Gasteiger partial charge in [0.25, 0.3) is 5.91 Å². The van der Waals surface area contributed by atoms with Crippen molar-refractivity contribution in [1.82, 2.24) is 24.9 Å². The number of fused-ring (bicyclic) bond motifs is 1. The lowest BCUT2D eigenvalue weighted by molar-refractivity contribution is 0.0617. The Hall–Kier alpha value is -2.24. The molecule has 0 bridgehead atoms. The fourth-order valence-electron chi connectivity index (χ4n) is 3.47. The predicted molar refractivity (Wildman–Crippen MR) is 101 cm³/mol. The van der Waals surface area contributed by atoms with Crippen LogP contribution in [0.4, 0.5) is 0 Å². The van der Waals surface area contributed by atoms with Crippen molar-refractivity contribution in [2.24, 2.45) is 5.92 Å². The van der Waals surface area contributed by atoms with Gasteiger partial charge < -0.3 is 4.90 Å². The second kappa shape index (κ2) is 7.17. The number of rotatable bonds is 4. The number of carbonyl (C=O) groups excluding carboxylic acids is 1. The van der Waals surface area contributed by atoms with E-state index in [0.29, 0.717) is 18.2 Å². The van der Waals surface area contributed by atoms with Crippen LogP contribution in [0.3, 0.4) is 0 Å². The lowest BCUT2D eigenvalue weighted by Gasteiger charge is -2.35. The van der Waals surface area contributed by atoms with Gasteiger partial charge in [0.15, 0.2) is 5.69 Å². The molecule has 0 aromatic carbocycles. The van der Waals surface area contributed by atoms with Gasteiger partial charge in [0.05, 0.1) is 23.5 Å². The Morgan fingerprint density at radius 2 is 2.15 bits per heavy atom. The summed E-state index contributed by atoms with van der Waals surface area (Å²) in [4.78, 5) is 19.9. The van der Waals surface area contributed by atoms with Crippen molar-refractivity contribution in [1.29, 1.82) is 0 Å². The standard InChI is InChI=1S/C20H29N5O/c1-14(2)12-24(17-10-6-8-15-9-7-11-21-18(15)17)19(26)16-13-25(23-22-16)20(3,4)5/h7,9,11,13-14,17H,6,8,10,12H2,1-5H3. The van der Waals surface area contributed by atoms with Crippen LogP contribution in [-0.2, 0) is 12.0 Å². The minimum atomic E-state index is -0.201. The molecule has 0 aliphatic heterocycles. The molecule has 26 heavy (non-hydrogen) atoms. The fourth-order valence-corrected chi connectivity index (χ4v) is 3.47. The molecule has 2 aromatic heterocycles. The highest BCUT2D eigenvalue weighted by Crippen LogP contribution is 2.34. The molecule has 6 nitrogen and oxygen atoms in total. The molecular formula is C20H29N5O. The van der Waals surface area contributed by atoms with Gasteiger partial charge in [0, 0.05) is 12.7 Å². The average Bonchev–Trinajstić information content (AvgIpc) is 3.09. The highest BCUT2D eigenvalue weighted by Gasteiger charge is 2.33. The minimum absolute atomic E-state index is 0.00892. The zero-order chi connectivity index (χ0) is 18.9. The number of amides is 1. The van der Waals surface area contributed by atoms with E-state index in [9.17, 15) is 4.79 Å². The van der Waals surface area contributed by atoms with E-state index in [1.54, 1.807) is 10.9 Å². The molecule has 0 fully saturated rings. The zero-order valence-corrected chi connectivity index (χ0v) is 16.4. The fraction of sp³-hybridized carbons (Fsp3) is 0.600. The summed E-state index contributed by atoms with van der Waals surface area (Å²) in [6.45, 7) is 11.1. The SMILES string of the molecule is CC(C)CN(C(=O)c1cn(C(C)(C)C)nn1)C1CCCc2cccnc21. The first kappa shape index (κ1) is 18.5. The predicted octanol–water partition coefficient (Wildman–Crippen LogP) is 3.60. The molecule has 2 heterocycles. The van der Waals surface area contributed by atoms with Crippen LogP contribution < -0.4 is 0 Å². The minimum Gasteiger partial charge on any atom is -0.328 e. The summed E-state index contributed by atoms with van der Waals surface area (Å²) in [5.41, 5.74) is 2.50.